The van der Waals surface area contributed by atoms with E-state index in [2.05, 4.69) is 15.9 Å². The number of aromatic hydroxyl groups is 2. The van der Waals surface area contributed by atoms with Crippen LogP contribution in [0.3, 0.4) is 0 Å². The average molecular weight is 295 g/mol. The fourth-order valence-corrected chi connectivity index (χ4v) is 1.60. The molecule has 0 atom stereocenters. The summed E-state index contributed by atoms with van der Waals surface area (Å²) < 4.78 is 6.16. The Kier molecular flexibility index (Phi) is 3.54. The predicted octanol–water partition coefficient (Wildman–Crippen LogP) is 3.44. The summed E-state index contributed by atoms with van der Waals surface area (Å²) in [6, 6.07) is 11.8. The molecule has 0 radical (unpaired) electrons. The maximum atomic E-state index is 9.50. The van der Waals surface area contributed by atoms with E-state index in [-0.39, 0.29) is 11.5 Å². The quantitative estimate of drug-likeness (QED) is 0.912. The highest BCUT2D eigenvalue weighted by molar-refractivity contribution is 9.10. The summed E-state index contributed by atoms with van der Waals surface area (Å²) in [5.41, 5.74) is 0.874. The first-order chi connectivity index (χ1) is 8.15. The third kappa shape index (κ3) is 3.14. The van der Waals surface area contributed by atoms with Crippen LogP contribution in [0.2, 0.25) is 0 Å². The summed E-state index contributed by atoms with van der Waals surface area (Å²) in [5.74, 6) is 1.07. The van der Waals surface area contributed by atoms with Crippen molar-refractivity contribution >= 4 is 15.9 Å². The van der Waals surface area contributed by atoms with Crippen molar-refractivity contribution in [2.75, 3.05) is 0 Å². The van der Waals surface area contributed by atoms with Crippen molar-refractivity contribution in [3.8, 4) is 17.2 Å². The Balaban J connectivity index is 2.02. The van der Waals surface area contributed by atoms with E-state index in [4.69, 9.17) is 9.84 Å². The van der Waals surface area contributed by atoms with Crippen molar-refractivity contribution in [3.63, 3.8) is 0 Å². The summed E-state index contributed by atoms with van der Waals surface area (Å²) >= 11 is 3.21. The van der Waals surface area contributed by atoms with Crippen LogP contribution >= 0.6 is 15.9 Å². The summed E-state index contributed by atoms with van der Waals surface area (Å²) in [6.07, 6.45) is 0. The van der Waals surface area contributed by atoms with E-state index in [1.807, 2.05) is 6.07 Å². The summed E-state index contributed by atoms with van der Waals surface area (Å²) in [6.45, 7) is 0.367. The predicted molar refractivity (Wildman–Crippen MR) is 68.2 cm³/mol. The van der Waals surface area contributed by atoms with Crippen molar-refractivity contribution in [1.82, 2.24) is 0 Å². The van der Waals surface area contributed by atoms with Crippen LogP contribution in [0.15, 0.2) is 46.9 Å². The smallest absolute Gasteiger partial charge is 0.130 e. The molecule has 0 saturated heterocycles. The Hall–Kier alpha value is -1.68. The van der Waals surface area contributed by atoms with Crippen molar-refractivity contribution in [3.05, 3.63) is 52.5 Å². The van der Waals surface area contributed by atoms with Gasteiger partial charge in [-0.1, -0.05) is 6.07 Å². The molecule has 2 N–H and O–H groups in total. The van der Waals surface area contributed by atoms with Gasteiger partial charge in [0.25, 0.3) is 0 Å². The molecule has 17 heavy (non-hydrogen) atoms. The molecule has 0 aliphatic rings. The molecular weight excluding hydrogens is 284 g/mol. The highest BCUT2D eigenvalue weighted by atomic mass is 79.9. The second-order valence-corrected chi connectivity index (χ2v) is 4.42. The molecule has 0 unspecified atom stereocenters. The zero-order valence-electron chi connectivity index (χ0n) is 8.93. The number of rotatable bonds is 3. The van der Waals surface area contributed by atoms with E-state index >= 15 is 0 Å². The summed E-state index contributed by atoms with van der Waals surface area (Å²) in [4.78, 5) is 0. The Morgan fingerprint density at radius 3 is 2.35 bits per heavy atom. The molecule has 0 amide bonds. The molecular formula is C13H11BrO3. The standard InChI is InChI=1S/C13H11BrO3/c14-12-6-1-9(7-13(12)16)8-17-11-4-2-10(15)3-5-11/h1-7,15-16H,8H2. The van der Waals surface area contributed by atoms with Gasteiger partial charge in [0.2, 0.25) is 0 Å². The lowest BCUT2D eigenvalue weighted by Crippen LogP contribution is -1.94. The molecule has 0 heterocycles. The molecule has 2 aromatic rings. The lowest BCUT2D eigenvalue weighted by molar-refractivity contribution is 0.305. The number of phenolic OH excluding ortho intramolecular Hbond substituents is 2. The van der Waals surface area contributed by atoms with Crippen LogP contribution < -0.4 is 4.74 Å². The molecule has 88 valence electrons. The van der Waals surface area contributed by atoms with Gasteiger partial charge >= 0.3 is 0 Å². The van der Waals surface area contributed by atoms with Gasteiger partial charge in [0.1, 0.15) is 23.9 Å². The fraction of sp³-hybridized carbons (Fsp3) is 0.0769. The van der Waals surface area contributed by atoms with Crippen LogP contribution in [-0.4, -0.2) is 10.2 Å². The van der Waals surface area contributed by atoms with Crippen LogP contribution in [0.25, 0.3) is 0 Å². The molecule has 4 heteroatoms. The van der Waals surface area contributed by atoms with E-state index in [1.165, 1.54) is 0 Å². The van der Waals surface area contributed by atoms with E-state index in [1.54, 1.807) is 36.4 Å². The van der Waals surface area contributed by atoms with E-state index in [0.29, 0.717) is 16.8 Å². The van der Waals surface area contributed by atoms with Gasteiger partial charge < -0.3 is 14.9 Å². The normalized spacial score (nSPS) is 10.2. The van der Waals surface area contributed by atoms with Gasteiger partial charge in [-0.05, 0) is 57.9 Å². The van der Waals surface area contributed by atoms with Crippen LogP contribution in [0.1, 0.15) is 5.56 Å². The Bertz CT molecular complexity index is 509. The first-order valence-electron chi connectivity index (χ1n) is 5.04. The molecule has 0 saturated carbocycles. The zero-order chi connectivity index (χ0) is 12.3. The molecule has 0 spiro atoms. The van der Waals surface area contributed by atoms with Crippen molar-refractivity contribution in [2.24, 2.45) is 0 Å². The van der Waals surface area contributed by atoms with Gasteiger partial charge in [-0.15, -0.1) is 0 Å². The number of phenols is 2. The Labute approximate surface area is 107 Å². The highest BCUT2D eigenvalue weighted by Crippen LogP contribution is 2.25. The fourth-order valence-electron chi connectivity index (χ4n) is 1.36. The first kappa shape index (κ1) is 11.8. The third-order valence-corrected chi connectivity index (χ3v) is 2.92. The molecule has 2 rings (SSSR count). The second-order valence-electron chi connectivity index (χ2n) is 3.57. The molecule has 0 aromatic heterocycles. The minimum atomic E-state index is 0.191. The number of hydrogen-bond donors (Lipinski definition) is 2. The molecule has 2 aromatic carbocycles. The van der Waals surface area contributed by atoms with E-state index in [9.17, 15) is 5.11 Å². The highest BCUT2D eigenvalue weighted by Gasteiger charge is 2.01. The molecule has 3 nitrogen and oxygen atoms in total. The largest absolute Gasteiger partial charge is 0.508 e. The minimum absolute atomic E-state index is 0.191. The maximum absolute atomic E-state index is 9.50. The van der Waals surface area contributed by atoms with Gasteiger partial charge in [-0.25, -0.2) is 0 Å². The van der Waals surface area contributed by atoms with Gasteiger partial charge in [-0.3, -0.25) is 0 Å². The summed E-state index contributed by atoms with van der Waals surface area (Å²) in [7, 11) is 0. The molecule has 0 aliphatic heterocycles. The van der Waals surface area contributed by atoms with E-state index in [0.717, 1.165) is 5.56 Å². The van der Waals surface area contributed by atoms with Crippen LogP contribution in [0.4, 0.5) is 0 Å². The van der Waals surface area contributed by atoms with Crippen LogP contribution in [0, 0.1) is 0 Å². The third-order valence-electron chi connectivity index (χ3n) is 2.25. The van der Waals surface area contributed by atoms with Gasteiger partial charge in [0.15, 0.2) is 0 Å². The first-order valence-corrected chi connectivity index (χ1v) is 5.83. The molecule has 0 fully saturated rings. The Morgan fingerprint density at radius 2 is 1.71 bits per heavy atom. The maximum Gasteiger partial charge on any atom is 0.130 e. The minimum Gasteiger partial charge on any atom is -0.508 e. The van der Waals surface area contributed by atoms with Crippen molar-refractivity contribution < 1.29 is 14.9 Å². The average Bonchev–Trinajstić information content (AvgIpc) is 2.33. The van der Waals surface area contributed by atoms with Crippen LogP contribution in [0.5, 0.6) is 17.2 Å². The number of ether oxygens (including phenoxy) is 1. The number of halogens is 1. The van der Waals surface area contributed by atoms with Gasteiger partial charge in [-0.2, -0.15) is 0 Å². The lowest BCUT2D eigenvalue weighted by atomic mass is 10.2. The van der Waals surface area contributed by atoms with Crippen molar-refractivity contribution in [2.45, 2.75) is 6.61 Å². The Morgan fingerprint density at radius 1 is 1.00 bits per heavy atom. The van der Waals surface area contributed by atoms with Gasteiger partial charge in [0.05, 0.1) is 4.47 Å². The van der Waals surface area contributed by atoms with Gasteiger partial charge in [0, 0.05) is 0 Å². The summed E-state index contributed by atoms with van der Waals surface area (Å²) in [5, 5.41) is 18.6. The number of benzene rings is 2. The van der Waals surface area contributed by atoms with E-state index < -0.39 is 0 Å². The zero-order valence-corrected chi connectivity index (χ0v) is 10.5. The lowest BCUT2D eigenvalue weighted by Gasteiger charge is -2.07. The second kappa shape index (κ2) is 5.10. The molecule has 0 bridgehead atoms. The SMILES string of the molecule is Oc1ccc(OCc2ccc(Br)c(O)c2)cc1. The molecule has 0 aliphatic carbocycles. The van der Waals surface area contributed by atoms with Crippen molar-refractivity contribution in [1.29, 1.82) is 0 Å². The van der Waals surface area contributed by atoms with Crippen LogP contribution in [-0.2, 0) is 6.61 Å². The topological polar surface area (TPSA) is 49.7 Å². The monoisotopic (exact) mass is 294 g/mol. The number of hydrogen-bond acceptors (Lipinski definition) is 3.